The standard InChI is InChI=1S/C21H17N3O4S/c1-13-18(24-21(29-13)17-9-5-11-28-17)20(26)23-16-8-3-2-7-15(16)19(25)22-12-14-6-4-10-27-14/h2-11H,12H2,1H3,(H,22,25)(H,23,26). The van der Waals surface area contributed by atoms with E-state index in [0.717, 1.165) is 4.88 Å². The zero-order valence-corrected chi connectivity index (χ0v) is 16.3. The minimum Gasteiger partial charge on any atom is -0.467 e. The normalized spacial score (nSPS) is 10.7. The molecule has 0 saturated heterocycles. The van der Waals surface area contributed by atoms with E-state index in [0.29, 0.717) is 33.5 Å². The fourth-order valence-corrected chi connectivity index (χ4v) is 3.64. The number of aryl methyl sites for hydroxylation is 1. The molecule has 146 valence electrons. The maximum atomic E-state index is 12.8. The third kappa shape index (κ3) is 4.12. The van der Waals surface area contributed by atoms with E-state index in [1.807, 2.05) is 6.92 Å². The van der Waals surface area contributed by atoms with Crippen LogP contribution >= 0.6 is 11.3 Å². The molecule has 3 heterocycles. The van der Waals surface area contributed by atoms with Gasteiger partial charge >= 0.3 is 0 Å². The van der Waals surface area contributed by atoms with Crippen LogP contribution in [0.15, 0.2) is 69.9 Å². The van der Waals surface area contributed by atoms with E-state index in [4.69, 9.17) is 8.83 Å². The first-order chi connectivity index (χ1) is 14.1. The van der Waals surface area contributed by atoms with E-state index in [1.54, 1.807) is 61.1 Å². The number of furan rings is 2. The third-order valence-corrected chi connectivity index (χ3v) is 5.15. The number of aromatic nitrogens is 1. The Bertz CT molecular complexity index is 1130. The van der Waals surface area contributed by atoms with Gasteiger partial charge in [0.2, 0.25) is 0 Å². The van der Waals surface area contributed by atoms with E-state index in [-0.39, 0.29) is 18.4 Å². The van der Waals surface area contributed by atoms with Crippen LogP contribution in [0.1, 0.15) is 31.5 Å². The second-order valence-electron chi connectivity index (χ2n) is 6.16. The van der Waals surface area contributed by atoms with Gasteiger partial charge in [-0.3, -0.25) is 9.59 Å². The summed E-state index contributed by atoms with van der Waals surface area (Å²) in [5.41, 5.74) is 1.06. The zero-order valence-electron chi connectivity index (χ0n) is 15.5. The highest BCUT2D eigenvalue weighted by molar-refractivity contribution is 7.15. The summed E-state index contributed by atoms with van der Waals surface area (Å²) in [6.07, 6.45) is 3.10. The number of benzene rings is 1. The Morgan fingerprint density at radius 2 is 1.79 bits per heavy atom. The van der Waals surface area contributed by atoms with Crippen LogP contribution in [0.2, 0.25) is 0 Å². The molecule has 0 radical (unpaired) electrons. The van der Waals surface area contributed by atoms with Gasteiger partial charge in [0.05, 0.1) is 30.3 Å². The first kappa shape index (κ1) is 18.7. The van der Waals surface area contributed by atoms with Crippen molar-refractivity contribution < 1.29 is 18.4 Å². The Morgan fingerprint density at radius 3 is 2.55 bits per heavy atom. The molecule has 0 aliphatic heterocycles. The number of carbonyl (C=O) groups excluding carboxylic acids is 2. The molecule has 4 rings (SSSR count). The molecule has 0 bridgehead atoms. The van der Waals surface area contributed by atoms with E-state index in [1.165, 1.54) is 11.3 Å². The molecule has 0 saturated carbocycles. The lowest BCUT2D eigenvalue weighted by atomic mass is 10.1. The summed E-state index contributed by atoms with van der Waals surface area (Å²) in [5.74, 6) is 0.546. The van der Waals surface area contributed by atoms with Gasteiger partial charge in [-0.05, 0) is 43.3 Å². The molecular formula is C21H17N3O4S. The largest absolute Gasteiger partial charge is 0.467 e. The van der Waals surface area contributed by atoms with Gasteiger partial charge in [-0.2, -0.15) is 0 Å². The number of hydrogen-bond acceptors (Lipinski definition) is 6. The van der Waals surface area contributed by atoms with Gasteiger partial charge in [0.1, 0.15) is 11.5 Å². The van der Waals surface area contributed by atoms with Crippen LogP contribution in [-0.2, 0) is 6.54 Å². The van der Waals surface area contributed by atoms with Gasteiger partial charge < -0.3 is 19.5 Å². The quantitative estimate of drug-likeness (QED) is 0.491. The Balaban J connectivity index is 1.51. The molecule has 0 unspecified atom stereocenters. The number of rotatable bonds is 6. The number of nitrogens with one attached hydrogen (secondary N) is 2. The lowest BCUT2D eigenvalue weighted by Gasteiger charge is -2.10. The van der Waals surface area contributed by atoms with Crippen LogP contribution in [0.4, 0.5) is 5.69 Å². The summed E-state index contributed by atoms with van der Waals surface area (Å²) >= 11 is 1.37. The van der Waals surface area contributed by atoms with Gasteiger partial charge in [-0.15, -0.1) is 11.3 Å². The predicted molar refractivity (Wildman–Crippen MR) is 109 cm³/mol. The van der Waals surface area contributed by atoms with Gasteiger partial charge in [0, 0.05) is 4.88 Å². The van der Waals surface area contributed by atoms with Gasteiger partial charge in [0.15, 0.2) is 10.8 Å². The van der Waals surface area contributed by atoms with Crippen molar-refractivity contribution >= 4 is 28.8 Å². The molecule has 0 fully saturated rings. The summed E-state index contributed by atoms with van der Waals surface area (Å²) in [7, 11) is 0. The molecule has 2 N–H and O–H groups in total. The Kier molecular flexibility index (Phi) is 5.26. The van der Waals surface area contributed by atoms with Crippen molar-refractivity contribution in [2.75, 3.05) is 5.32 Å². The average Bonchev–Trinajstić information content (AvgIpc) is 3.48. The minimum absolute atomic E-state index is 0.256. The van der Waals surface area contributed by atoms with Crippen molar-refractivity contribution in [1.82, 2.24) is 10.3 Å². The maximum Gasteiger partial charge on any atom is 0.275 e. The molecule has 3 aromatic heterocycles. The highest BCUT2D eigenvalue weighted by Crippen LogP contribution is 2.28. The predicted octanol–water partition coefficient (Wildman–Crippen LogP) is 4.49. The molecule has 0 aliphatic carbocycles. The topological polar surface area (TPSA) is 97.4 Å². The number of carbonyl (C=O) groups is 2. The SMILES string of the molecule is Cc1sc(-c2ccco2)nc1C(=O)Nc1ccccc1C(=O)NCc1ccco1. The van der Waals surface area contributed by atoms with Crippen molar-refractivity contribution in [3.05, 3.63) is 83.0 Å². The maximum absolute atomic E-state index is 12.8. The molecule has 1 aromatic carbocycles. The number of nitrogens with zero attached hydrogens (tertiary/aromatic N) is 1. The van der Waals surface area contributed by atoms with Crippen LogP contribution in [0.5, 0.6) is 0 Å². The Hall–Kier alpha value is -3.65. The number of para-hydroxylation sites is 1. The van der Waals surface area contributed by atoms with Gasteiger partial charge in [-0.1, -0.05) is 12.1 Å². The van der Waals surface area contributed by atoms with Gasteiger partial charge in [-0.25, -0.2) is 4.98 Å². The van der Waals surface area contributed by atoms with E-state index < -0.39 is 0 Å². The fourth-order valence-electron chi connectivity index (χ4n) is 2.76. The molecule has 0 spiro atoms. The number of anilines is 1. The van der Waals surface area contributed by atoms with Crippen LogP contribution in [0.3, 0.4) is 0 Å². The average molecular weight is 407 g/mol. The zero-order chi connectivity index (χ0) is 20.2. The smallest absolute Gasteiger partial charge is 0.275 e. The lowest BCUT2D eigenvalue weighted by molar-refractivity contribution is 0.0949. The summed E-state index contributed by atoms with van der Waals surface area (Å²) in [4.78, 5) is 30.5. The molecular weight excluding hydrogens is 390 g/mol. The van der Waals surface area contributed by atoms with Gasteiger partial charge in [0.25, 0.3) is 11.8 Å². The van der Waals surface area contributed by atoms with E-state index in [9.17, 15) is 9.59 Å². The summed E-state index contributed by atoms with van der Waals surface area (Å²) < 4.78 is 10.6. The van der Waals surface area contributed by atoms with Crippen LogP contribution in [-0.4, -0.2) is 16.8 Å². The second-order valence-corrected chi connectivity index (χ2v) is 7.37. The molecule has 0 aliphatic rings. The van der Waals surface area contributed by atoms with Crippen LogP contribution < -0.4 is 10.6 Å². The Morgan fingerprint density at radius 1 is 1.00 bits per heavy atom. The molecule has 8 heteroatoms. The molecule has 2 amide bonds. The minimum atomic E-state index is -0.386. The summed E-state index contributed by atoms with van der Waals surface area (Å²) in [6.45, 7) is 2.08. The highest BCUT2D eigenvalue weighted by atomic mass is 32.1. The summed E-state index contributed by atoms with van der Waals surface area (Å²) in [6, 6.07) is 13.9. The van der Waals surface area contributed by atoms with Crippen molar-refractivity contribution in [1.29, 1.82) is 0 Å². The van der Waals surface area contributed by atoms with E-state index in [2.05, 4.69) is 15.6 Å². The lowest BCUT2D eigenvalue weighted by Crippen LogP contribution is -2.24. The molecule has 4 aromatic rings. The van der Waals surface area contributed by atoms with Crippen LogP contribution in [0.25, 0.3) is 10.8 Å². The fraction of sp³-hybridized carbons (Fsp3) is 0.0952. The monoisotopic (exact) mass is 407 g/mol. The molecule has 7 nitrogen and oxygen atoms in total. The number of thiazole rings is 1. The molecule has 29 heavy (non-hydrogen) atoms. The number of hydrogen-bond donors (Lipinski definition) is 2. The van der Waals surface area contributed by atoms with Crippen molar-refractivity contribution in [3.63, 3.8) is 0 Å². The van der Waals surface area contributed by atoms with Crippen LogP contribution in [0, 0.1) is 6.92 Å². The summed E-state index contributed by atoms with van der Waals surface area (Å²) in [5, 5.41) is 6.20. The van der Waals surface area contributed by atoms with Crippen molar-refractivity contribution in [2.24, 2.45) is 0 Å². The first-order valence-electron chi connectivity index (χ1n) is 8.84. The number of amides is 2. The van der Waals surface area contributed by atoms with Crippen molar-refractivity contribution in [2.45, 2.75) is 13.5 Å². The Labute approximate surface area is 170 Å². The highest BCUT2D eigenvalue weighted by Gasteiger charge is 2.20. The second kappa shape index (κ2) is 8.15. The molecule has 0 atom stereocenters. The first-order valence-corrected chi connectivity index (χ1v) is 9.66. The third-order valence-electron chi connectivity index (χ3n) is 4.17. The van der Waals surface area contributed by atoms with E-state index >= 15 is 0 Å². The van der Waals surface area contributed by atoms with Crippen molar-refractivity contribution in [3.8, 4) is 10.8 Å².